The molecule has 0 aliphatic rings. The fourth-order valence-corrected chi connectivity index (χ4v) is 1.23. The number of unbranched alkanes of at least 4 members (excludes halogenated alkanes) is 1. The quantitative estimate of drug-likeness (QED) is 0.576. The highest BCUT2D eigenvalue weighted by molar-refractivity contribution is 4.61. The smallest absolute Gasteiger partial charge is 0.0597 e. The molecule has 0 N–H and O–H groups in total. The van der Waals surface area contributed by atoms with Crippen LogP contribution in [0.5, 0.6) is 0 Å². The Balaban J connectivity index is 3.51. The van der Waals surface area contributed by atoms with Crippen LogP contribution < -0.4 is 0 Å². The van der Waals surface area contributed by atoms with Crippen molar-refractivity contribution in [3.8, 4) is 0 Å². The maximum atomic E-state index is 5.61. The summed E-state index contributed by atoms with van der Waals surface area (Å²) in [7, 11) is 0. The van der Waals surface area contributed by atoms with Crippen molar-refractivity contribution >= 4 is 0 Å². The molecule has 0 aromatic rings. The Morgan fingerprint density at radius 2 is 1.82 bits per heavy atom. The predicted octanol–water partition coefficient (Wildman–Crippen LogP) is 3.24. The Hall–Kier alpha value is -0.0400. The van der Waals surface area contributed by atoms with Crippen molar-refractivity contribution in [2.45, 2.75) is 53.1 Å². The van der Waals surface area contributed by atoms with Gasteiger partial charge in [0, 0.05) is 6.61 Å². The standard InChI is InChI=1S/C10H22O/c1-5-7-8-10(9(3)4)11-6-2/h9-10H,5-8H2,1-4H3. The zero-order valence-electron chi connectivity index (χ0n) is 8.39. The molecule has 0 spiro atoms. The lowest BCUT2D eigenvalue weighted by atomic mass is 10.0. The van der Waals surface area contributed by atoms with E-state index in [-0.39, 0.29) is 0 Å². The van der Waals surface area contributed by atoms with Crippen LogP contribution in [0.4, 0.5) is 0 Å². The second-order valence-corrected chi connectivity index (χ2v) is 3.38. The molecule has 0 aromatic carbocycles. The van der Waals surface area contributed by atoms with Crippen LogP contribution in [-0.4, -0.2) is 12.7 Å². The van der Waals surface area contributed by atoms with Crippen LogP contribution in [0.15, 0.2) is 0 Å². The van der Waals surface area contributed by atoms with Gasteiger partial charge < -0.3 is 4.74 Å². The number of hydrogen-bond donors (Lipinski definition) is 0. The van der Waals surface area contributed by atoms with Gasteiger partial charge in [0.2, 0.25) is 0 Å². The van der Waals surface area contributed by atoms with Gasteiger partial charge >= 0.3 is 0 Å². The minimum atomic E-state index is 0.486. The van der Waals surface area contributed by atoms with E-state index < -0.39 is 0 Å². The third-order valence-electron chi connectivity index (χ3n) is 1.97. The topological polar surface area (TPSA) is 9.23 Å². The summed E-state index contributed by atoms with van der Waals surface area (Å²) in [5.74, 6) is 0.668. The molecule has 0 rings (SSSR count). The van der Waals surface area contributed by atoms with Gasteiger partial charge in [-0.25, -0.2) is 0 Å². The van der Waals surface area contributed by atoms with E-state index in [0.29, 0.717) is 12.0 Å². The molecule has 0 fully saturated rings. The Morgan fingerprint density at radius 1 is 1.18 bits per heavy atom. The Kier molecular flexibility index (Phi) is 6.63. The van der Waals surface area contributed by atoms with Crippen LogP contribution in [-0.2, 0) is 4.74 Å². The van der Waals surface area contributed by atoms with Gasteiger partial charge in [-0.2, -0.15) is 0 Å². The fourth-order valence-electron chi connectivity index (χ4n) is 1.23. The SMILES string of the molecule is CCCCC(OCC)C(C)C. The van der Waals surface area contributed by atoms with E-state index >= 15 is 0 Å². The lowest BCUT2D eigenvalue weighted by Gasteiger charge is -2.20. The van der Waals surface area contributed by atoms with Gasteiger partial charge in [0.1, 0.15) is 0 Å². The lowest BCUT2D eigenvalue weighted by Crippen LogP contribution is -2.19. The third-order valence-corrected chi connectivity index (χ3v) is 1.97. The van der Waals surface area contributed by atoms with Gasteiger partial charge in [0.05, 0.1) is 6.10 Å². The van der Waals surface area contributed by atoms with Gasteiger partial charge in [0.15, 0.2) is 0 Å². The second kappa shape index (κ2) is 6.66. The van der Waals surface area contributed by atoms with Crippen molar-refractivity contribution in [1.29, 1.82) is 0 Å². The number of hydrogen-bond acceptors (Lipinski definition) is 1. The van der Waals surface area contributed by atoms with Crippen molar-refractivity contribution in [2.24, 2.45) is 5.92 Å². The highest BCUT2D eigenvalue weighted by Gasteiger charge is 2.11. The van der Waals surface area contributed by atoms with Crippen molar-refractivity contribution < 1.29 is 4.74 Å². The zero-order chi connectivity index (χ0) is 8.69. The highest BCUT2D eigenvalue weighted by Crippen LogP contribution is 2.13. The Bertz CT molecular complexity index is 78.9. The van der Waals surface area contributed by atoms with Gasteiger partial charge in [0.25, 0.3) is 0 Å². The van der Waals surface area contributed by atoms with Crippen molar-refractivity contribution in [3.63, 3.8) is 0 Å². The molecule has 1 nitrogen and oxygen atoms in total. The number of rotatable bonds is 6. The van der Waals surface area contributed by atoms with Crippen LogP contribution in [0, 0.1) is 5.92 Å². The monoisotopic (exact) mass is 158 g/mol. The molecule has 1 heteroatoms. The van der Waals surface area contributed by atoms with Crippen LogP contribution in [0.25, 0.3) is 0 Å². The molecule has 0 saturated heterocycles. The van der Waals surface area contributed by atoms with E-state index in [9.17, 15) is 0 Å². The molecule has 0 aliphatic heterocycles. The fraction of sp³-hybridized carbons (Fsp3) is 1.00. The van der Waals surface area contributed by atoms with Crippen molar-refractivity contribution in [3.05, 3.63) is 0 Å². The van der Waals surface area contributed by atoms with Gasteiger partial charge in [-0.1, -0.05) is 33.6 Å². The normalized spacial score (nSPS) is 13.9. The van der Waals surface area contributed by atoms with E-state index in [1.54, 1.807) is 0 Å². The Morgan fingerprint density at radius 3 is 2.18 bits per heavy atom. The minimum absolute atomic E-state index is 0.486. The first-order chi connectivity index (χ1) is 5.22. The molecule has 1 atom stereocenters. The van der Waals surface area contributed by atoms with E-state index in [2.05, 4.69) is 27.7 Å². The zero-order valence-corrected chi connectivity index (χ0v) is 8.39. The maximum Gasteiger partial charge on any atom is 0.0597 e. The predicted molar refractivity (Wildman–Crippen MR) is 49.8 cm³/mol. The summed E-state index contributed by atoms with van der Waals surface area (Å²) in [6.45, 7) is 9.61. The molecular weight excluding hydrogens is 136 g/mol. The van der Waals surface area contributed by atoms with Crippen molar-refractivity contribution in [1.82, 2.24) is 0 Å². The molecule has 0 amide bonds. The lowest BCUT2D eigenvalue weighted by molar-refractivity contribution is 0.0234. The molecule has 68 valence electrons. The van der Waals surface area contributed by atoms with Crippen LogP contribution in [0.3, 0.4) is 0 Å². The molecule has 0 saturated carbocycles. The molecule has 1 unspecified atom stereocenters. The first kappa shape index (κ1) is 11.0. The van der Waals surface area contributed by atoms with E-state index in [4.69, 9.17) is 4.74 Å². The summed E-state index contributed by atoms with van der Waals surface area (Å²) < 4.78 is 5.61. The van der Waals surface area contributed by atoms with Crippen molar-refractivity contribution in [2.75, 3.05) is 6.61 Å². The maximum absolute atomic E-state index is 5.61. The summed E-state index contributed by atoms with van der Waals surface area (Å²) in [6.07, 6.45) is 4.28. The van der Waals surface area contributed by atoms with E-state index in [0.717, 1.165) is 6.61 Å². The third kappa shape index (κ3) is 5.25. The molecule has 11 heavy (non-hydrogen) atoms. The summed E-state index contributed by atoms with van der Waals surface area (Å²) in [4.78, 5) is 0. The molecule has 0 radical (unpaired) electrons. The first-order valence-corrected chi connectivity index (χ1v) is 4.83. The van der Waals surface area contributed by atoms with Crippen LogP contribution in [0.1, 0.15) is 47.0 Å². The summed E-state index contributed by atoms with van der Waals surface area (Å²) in [5, 5.41) is 0. The largest absolute Gasteiger partial charge is 0.378 e. The Labute approximate surface area is 71.1 Å². The molecule has 0 bridgehead atoms. The van der Waals surface area contributed by atoms with Crippen LogP contribution in [0.2, 0.25) is 0 Å². The average Bonchev–Trinajstić information content (AvgIpc) is 1.97. The van der Waals surface area contributed by atoms with Crippen LogP contribution >= 0.6 is 0 Å². The highest BCUT2D eigenvalue weighted by atomic mass is 16.5. The summed E-state index contributed by atoms with van der Waals surface area (Å²) in [5.41, 5.74) is 0. The van der Waals surface area contributed by atoms with Gasteiger partial charge in [-0.05, 0) is 19.3 Å². The first-order valence-electron chi connectivity index (χ1n) is 4.83. The van der Waals surface area contributed by atoms with Gasteiger partial charge in [-0.15, -0.1) is 0 Å². The molecule has 0 aliphatic carbocycles. The second-order valence-electron chi connectivity index (χ2n) is 3.38. The molecule has 0 heterocycles. The van der Waals surface area contributed by atoms with E-state index in [1.807, 2.05) is 0 Å². The number of ether oxygens (including phenoxy) is 1. The van der Waals surface area contributed by atoms with E-state index in [1.165, 1.54) is 19.3 Å². The molecule has 0 aromatic heterocycles. The summed E-state index contributed by atoms with van der Waals surface area (Å²) >= 11 is 0. The minimum Gasteiger partial charge on any atom is -0.378 e. The summed E-state index contributed by atoms with van der Waals surface area (Å²) in [6, 6.07) is 0. The molecular formula is C10H22O. The average molecular weight is 158 g/mol. The van der Waals surface area contributed by atoms with Gasteiger partial charge in [-0.3, -0.25) is 0 Å².